The maximum Gasteiger partial charge on any atom is 0.309 e. The molecule has 4 rings (SSSR count). The summed E-state index contributed by atoms with van der Waals surface area (Å²) in [5.41, 5.74) is 1.02. The van der Waals surface area contributed by atoms with E-state index in [1.807, 2.05) is 6.92 Å². The van der Waals surface area contributed by atoms with Crippen molar-refractivity contribution in [2.45, 2.75) is 26.0 Å². The van der Waals surface area contributed by atoms with E-state index in [0.29, 0.717) is 11.4 Å². The number of esters is 1. The molecule has 2 aromatic carbocycles. The highest BCUT2D eigenvalue weighted by molar-refractivity contribution is 7.18. The number of benzene rings is 2. The van der Waals surface area contributed by atoms with Gasteiger partial charge in [-0.1, -0.05) is 6.07 Å². The summed E-state index contributed by atoms with van der Waals surface area (Å²) in [6, 6.07) is 6.07. The Morgan fingerprint density at radius 2 is 2.03 bits per heavy atom. The number of thiazole rings is 1. The molecule has 10 heteroatoms. The number of methoxy groups -OCH3 is 1. The molecule has 6 nitrogen and oxygen atoms in total. The Hall–Kier alpha value is -3.14. The Morgan fingerprint density at radius 1 is 1.27 bits per heavy atom. The highest BCUT2D eigenvalue weighted by atomic mass is 32.1. The maximum atomic E-state index is 14.0. The van der Waals surface area contributed by atoms with E-state index in [0.717, 1.165) is 23.0 Å². The molecule has 0 saturated carbocycles. The first-order valence-electron chi connectivity index (χ1n) is 8.87. The predicted octanol–water partition coefficient (Wildman–Crippen LogP) is 3.88. The van der Waals surface area contributed by atoms with Gasteiger partial charge >= 0.3 is 5.97 Å². The van der Waals surface area contributed by atoms with E-state index in [1.54, 1.807) is 18.2 Å². The van der Waals surface area contributed by atoms with Gasteiger partial charge in [-0.3, -0.25) is 14.5 Å². The highest BCUT2D eigenvalue weighted by Gasteiger charge is 2.36. The molecule has 2 heterocycles. The van der Waals surface area contributed by atoms with Gasteiger partial charge < -0.3 is 9.47 Å². The Bertz CT molecular complexity index is 1180. The number of aryl methyl sites for hydroxylation is 1. The quantitative estimate of drug-likeness (QED) is 0.459. The molecule has 0 radical (unpaired) electrons. The number of carbonyl (C=O) groups excluding carboxylic acids is 2. The number of rotatable bonds is 4. The van der Waals surface area contributed by atoms with Crippen LogP contribution < -0.4 is 9.64 Å². The van der Waals surface area contributed by atoms with Crippen molar-refractivity contribution in [3.63, 3.8) is 0 Å². The normalized spacial score (nSPS) is 15.8. The van der Waals surface area contributed by atoms with E-state index in [1.165, 1.54) is 12.0 Å². The number of fused-ring (bicyclic) bond motifs is 2. The minimum atomic E-state index is -1.60. The second-order valence-electron chi connectivity index (χ2n) is 6.72. The van der Waals surface area contributed by atoms with Gasteiger partial charge in [0.2, 0.25) is 0 Å². The van der Waals surface area contributed by atoms with Crippen molar-refractivity contribution in [1.29, 1.82) is 0 Å². The van der Waals surface area contributed by atoms with E-state index in [-0.39, 0.29) is 28.2 Å². The van der Waals surface area contributed by atoms with Crippen LogP contribution in [0.25, 0.3) is 10.2 Å². The average Bonchev–Trinajstić information content (AvgIpc) is 3.12. The Kier molecular flexibility index (Phi) is 5.10. The molecular weight excluding hydrogens is 421 g/mol. The molecule has 0 spiro atoms. The monoisotopic (exact) mass is 436 g/mol. The number of carbonyl (C=O) groups is 2. The first-order chi connectivity index (χ1) is 14.3. The number of nitrogens with zero attached hydrogens (tertiary/aromatic N) is 2. The molecule has 30 heavy (non-hydrogen) atoms. The topological polar surface area (TPSA) is 68.7 Å². The lowest BCUT2D eigenvalue weighted by atomic mass is 10.1. The zero-order chi connectivity index (χ0) is 21.6. The summed E-state index contributed by atoms with van der Waals surface area (Å²) in [4.78, 5) is 30.1. The molecular formula is C20H15F3N2O4S. The molecule has 1 unspecified atom stereocenters. The third kappa shape index (κ3) is 3.47. The van der Waals surface area contributed by atoms with Crippen LogP contribution in [0.15, 0.2) is 24.3 Å². The van der Waals surface area contributed by atoms with E-state index < -0.39 is 35.4 Å². The molecule has 1 aliphatic rings. The first kappa shape index (κ1) is 20.1. The van der Waals surface area contributed by atoms with Crippen molar-refractivity contribution >= 4 is 39.1 Å². The summed E-state index contributed by atoms with van der Waals surface area (Å²) >= 11 is 0.944. The van der Waals surface area contributed by atoms with Crippen molar-refractivity contribution in [2.24, 2.45) is 0 Å². The molecule has 0 saturated heterocycles. The van der Waals surface area contributed by atoms with Gasteiger partial charge in [-0.05, 0) is 30.7 Å². The van der Waals surface area contributed by atoms with Crippen LogP contribution >= 0.6 is 11.3 Å². The Labute approximate surface area is 172 Å². The third-order valence-electron chi connectivity index (χ3n) is 4.65. The van der Waals surface area contributed by atoms with E-state index in [2.05, 4.69) is 9.72 Å². The molecule has 0 fully saturated rings. The van der Waals surface area contributed by atoms with Crippen molar-refractivity contribution in [3.8, 4) is 5.75 Å². The molecule has 156 valence electrons. The van der Waals surface area contributed by atoms with Gasteiger partial charge in [0.1, 0.15) is 16.3 Å². The van der Waals surface area contributed by atoms with Crippen LogP contribution in [0.1, 0.15) is 17.0 Å². The second kappa shape index (κ2) is 7.60. The van der Waals surface area contributed by atoms with Crippen LogP contribution in [-0.2, 0) is 20.9 Å². The summed E-state index contributed by atoms with van der Waals surface area (Å²) in [5, 5.41) is 0.272. The van der Waals surface area contributed by atoms with Crippen molar-refractivity contribution in [1.82, 2.24) is 4.98 Å². The lowest BCUT2D eigenvalue weighted by molar-refractivity contribution is -0.145. The van der Waals surface area contributed by atoms with Gasteiger partial charge in [0, 0.05) is 0 Å². The number of aromatic nitrogens is 1. The van der Waals surface area contributed by atoms with Crippen LogP contribution in [0.5, 0.6) is 5.75 Å². The number of hydrogen-bond donors (Lipinski definition) is 0. The molecule has 1 aliphatic heterocycles. The lowest BCUT2D eigenvalue weighted by Crippen LogP contribution is -2.46. The van der Waals surface area contributed by atoms with Crippen LogP contribution in [0.2, 0.25) is 0 Å². The average molecular weight is 436 g/mol. The molecule has 1 atom stereocenters. The number of hydrogen-bond acceptors (Lipinski definition) is 6. The number of amides is 1. The summed E-state index contributed by atoms with van der Waals surface area (Å²) in [5.74, 6) is -5.01. The third-order valence-corrected chi connectivity index (χ3v) is 5.64. The molecule has 1 amide bonds. The fourth-order valence-electron chi connectivity index (χ4n) is 3.18. The van der Waals surface area contributed by atoms with Gasteiger partial charge in [-0.2, -0.15) is 0 Å². The zero-order valence-electron chi connectivity index (χ0n) is 15.9. The smallest absolute Gasteiger partial charge is 0.309 e. The predicted molar refractivity (Wildman–Crippen MR) is 103 cm³/mol. The van der Waals surface area contributed by atoms with Gasteiger partial charge in [-0.15, -0.1) is 11.3 Å². The van der Waals surface area contributed by atoms with Gasteiger partial charge in [0.05, 0.1) is 30.5 Å². The Morgan fingerprint density at radius 3 is 2.77 bits per heavy atom. The maximum absolute atomic E-state index is 14.0. The SMILES string of the molecule is COC(=O)CC1Oc2ccc(C)cc2N(Cc2nc3c(F)c(F)c(F)cc3s2)C1=O. The summed E-state index contributed by atoms with van der Waals surface area (Å²) in [6.45, 7) is 1.75. The molecule has 0 N–H and O–H groups in total. The van der Waals surface area contributed by atoms with Crippen molar-refractivity contribution < 1.29 is 32.2 Å². The minimum absolute atomic E-state index is 0.0850. The van der Waals surface area contributed by atoms with Gasteiger partial charge in [-0.25, -0.2) is 18.2 Å². The van der Waals surface area contributed by atoms with Gasteiger partial charge in [0.15, 0.2) is 23.6 Å². The number of halogens is 3. The number of anilines is 1. The van der Waals surface area contributed by atoms with Crippen LogP contribution in [0.4, 0.5) is 18.9 Å². The summed E-state index contributed by atoms with van der Waals surface area (Å²) < 4.78 is 51.5. The van der Waals surface area contributed by atoms with E-state index in [4.69, 9.17) is 4.74 Å². The second-order valence-corrected chi connectivity index (χ2v) is 7.84. The molecule has 0 aliphatic carbocycles. The van der Waals surface area contributed by atoms with Crippen LogP contribution in [-0.4, -0.2) is 30.1 Å². The van der Waals surface area contributed by atoms with Crippen molar-refractivity contribution in [3.05, 3.63) is 52.3 Å². The highest BCUT2D eigenvalue weighted by Crippen LogP contribution is 2.37. The van der Waals surface area contributed by atoms with Crippen LogP contribution in [0.3, 0.4) is 0 Å². The number of ether oxygens (including phenoxy) is 2. The fourth-order valence-corrected chi connectivity index (χ4v) is 4.16. The molecule has 0 bridgehead atoms. The molecule has 1 aromatic heterocycles. The minimum Gasteiger partial charge on any atom is -0.478 e. The van der Waals surface area contributed by atoms with Gasteiger partial charge in [0.25, 0.3) is 5.91 Å². The van der Waals surface area contributed by atoms with E-state index >= 15 is 0 Å². The summed E-state index contributed by atoms with van der Waals surface area (Å²) in [7, 11) is 1.21. The van der Waals surface area contributed by atoms with E-state index in [9.17, 15) is 22.8 Å². The van der Waals surface area contributed by atoms with Crippen molar-refractivity contribution in [2.75, 3.05) is 12.0 Å². The van der Waals surface area contributed by atoms with Crippen LogP contribution in [0, 0.1) is 24.4 Å². The first-order valence-corrected chi connectivity index (χ1v) is 9.68. The largest absolute Gasteiger partial charge is 0.478 e. The standard InChI is InChI=1S/C20H15F3N2O4S/c1-9-3-4-12-11(5-9)25(20(27)13(29-12)7-16(26)28-2)8-15-24-19-14(30-15)6-10(21)17(22)18(19)23/h3-6,13H,7-8H2,1-2H3. The fraction of sp³-hybridized carbons (Fsp3) is 0.250. The zero-order valence-corrected chi connectivity index (χ0v) is 16.7. The Balaban J connectivity index is 1.74. The molecule has 3 aromatic rings. The summed E-state index contributed by atoms with van der Waals surface area (Å²) in [6.07, 6.45) is -1.39. The lowest BCUT2D eigenvalue weighted by Gasteiger charge is -2.33.